The molecule has 0 bridgehead atoms. The maximum Gasteiger partial charge on any atom is 0.244 e. The Labute approximate surface area is 314 Å². The van der Waals surface area contributed by atoms with Gasteiger partial charge in [0.2, 0.25) is 11.8 Å². The molecule has 6 aliphatic rings. The Morgan fingerprint density at radius 2 is 1.30 bits per heavy atom. The molecule has 1 N–H and O–H groups in total. The largest absolute Gasteiger partial charge is 0.348 e. The summed E-state index contributed by atoms with van der Waals surface area (Å²) in [7, 11) is 0. The number of nitrogens with one attached hydrogen (secondary N) is 1. The van der Waals surface area contributed by atoms with E-state index in [0.717, 1.165) is 107 Å². The second-order valence-electron chi connectivity index (χ2n) is 17.0. The molecule has 3 heterocycles. The molecule has 2 spiro atoms. The van der Waals surface area contributed by atoms with Crippen LogP contribution in [0.1, 0.15) is 137 Å². The van der Waals surface area contributed by atoms with Crippen molar-refractivity contribution in [3.05, 3.63) is 58.3 Å². The van der Waals surface area contributed by atoms with Crippen LogP contribution in [0.4, 0.5) is 5.69 Å². The van der Waals surface area contributed by atoms with E-state index in [1.165, 1.54) is 58.2 Å². The molecule has 1 aromatic heterocycles. The lowest BCUT2D eigenvalue weighted by Gasteiger charge is -2.49. The number of hydrogen-bond donors (Lipinski definition) is 1. The van der Waals surface area contributed by atoms with Crippen LogP contribution in [0.3, 0.4) is 0 Å². The van der Waals surface area contributed by atoms with E-state index in [1.54, 1.807) is 13.8 Å². The number of rotatable bonds is 3. The van der Waals surface area contributed by atoms with Gasteiger partial charge in [0.15, 0.2) is 11.6 Å². The molecule has 286 valence electrons. The highest BCUT2D eigenvalue weighted by Crippen LogP contribution is 2.57. The highest BCUT2D eigenvalue weighted by atomic mass is 16.7. The molecule has 2 aliphatic heterocycles. The van der Waals surface area contributed by atoms with Crippen molar-refractivity contribution in [3.8, 4) is 0 Å². The summed E-state index contributed by atoms with van der Waals surface area (Å²) in [5, 5.41) is 8.41. The van der Waals surface area contributed by atoms with Crippen LogP contribution in [0, 0.1) is 18.8 Å². The van der Waals surface area contributed by atoms with Crippen molar-refractivity contribution in [2.45, 2.75) is 147 Å². The third-order valence-corrected chi connectivity index (χ3v) is 14.4. The number of hydrogen-bond acceptors (Lipinski definition) is 7. The molecule has 4 atom stereocenters. The lowest BCUT2D eigenvalue weighted by molar-refractivity contribution is -0.199. The summed E-state index contributed by atoms with van der Waals surface area (Å²) in [5.41, 5.74) is 9.30. The Morgan fingerprint density at radius 3 is 1.81 bits per heavy atom. The van der Waals surface area contributed by atoms with Crippen molar-refractivity contribution >= 4 is 28.4 Å². The van der Waals surface area contributed by atoms with Gasteiger partial charge in [0.1, 0.15) is 0 Å². The van der Waals surface area contributed by atoms with Crippen LogP contribution < -0.4 is 5.32 Å². The molecule has 2 saturated carbocycles. The van der Waals surface area contributed by atoms with E-state index in [2.05, 4.69) is 55.5 Å². The van der Waals surface area contributed by atoms with Gasteiger partial charge in [-0.1, -0.05) is 19.9 Å². The lowest BCUT2D eigenvalue weighted by Crippen LogP contribution is -2.48. The highest BCUT2D eigenvalue weighted by Gasteiger charge is 2.54. The summed E-state index contributed by atoms with van der Waals surface area (Å²) < 4.78 is 25.8. The molecule has 0 radical (unpaired) electrons. The summed E-state index contributed by atoms with van der Waals surface area (Å²) >= 11 is 0. The fourth-order valence-electron chi connectivity index (χ4n) is 11.7. The van der Waals surface area contributed by atoms with Crippen LogP contribution in [0.2, 0.25) is 0 Å². The van der Waals surface area contributed by atoms with E-state index in [4.69, 9.17) is 18.9 Å². The molecule has 4 fully saturated rings. The van der Waals surface area contributed by atoms with Gasteiger partial charge in [-0.2, -0.15) is 5.10 Å². The molecule has 9 heteroatoms. The Bertz CT molecular complexity index is 1870. The van der Waals surface area contributed by atoms with Crippen LogP contribution in [-0.2, 0) is 47.4 Å². The lowest BCUT2D eigenvalue weighted by atomic mass is 9.58. The molecule has 4 aliphatic carbocycles. The highest BCUT2D eigenvalue weighted by molar-refractivity contribution is 5.91. The second kappa shape index (κ2) is 14.2. The zero-order valence-corrected chi connectivity index (χ0v) is 32.6. The quantitative estimate of drug-likeness (QED) is 0.288. The first-order valence-electron chi connectivity index (χ1n) is 20.5. The van der Waals surface area contributed by atoms with Gasteiger partial charge in [0.25, 0.3) is 0 Å². The third kappa shape index (κ3) is 6.37. The van der Waals surface area contributed by atoms with E-state index < -0.39 is 0 Å². The Balaban J connectivity index is 0.000000151. The van der Waals surface area contributed by atoms with Crippen molar-refractivity contribution in [3.63, 3.8) is 0 Å². The van der Waals surface area contributed by atoms with Crippen LogP contribution in [0.15, 0.2) is 30.5 Å². The molecule has 53 heavy (non-hydrogen) atoms. The fraction of sp³-hybridized carbons (Fsp3) is 0.659. The summed E-state index contributed by atoms with van der Waals surface area (Å²) in [4.78, 5) is 23.5. The number of nitrogens with zero attached hydrogens (tertiary/aromatic N) is 2. The topological polar surface area (TPSA) is 101 Å². The second-order valence-corrected chi connectivity index (χ2v) is 17.0. The number of fused-ring (bicyclic) bond motifs is 7. The standard InChI is InChI=1S/C22H28N2O3.C22H31NO3/c1-3-21-7-8-22(26-9-10-27-22)13-18(21)6-4-5-16-12-20-17(11-19(16)21)14-23-24(20)15(2)25;1-4-21-8-9-22(25-10-11-26-22)14-18(21)7-5-6-17-13-20(23-16(3)24)15(2)12-19(17)21/h11-12,14,18H,3-10,13H2,1-2H3;12-13,18H,4-11,14H2,1-3H3,(H,23,24)/t2*18-,21+/m00/s1. The Morgan fingerprint density at radius 1 is 0.774 bits per heavy atom. The van der Waals surface area contributed by atoms with E-state index in [0.29, 0.717) is 11.8 Å². The smallest absolute Gasteiger partial charge is 0.244 e. The minimum absolute atomic E-state index is 0.0000997. The average Bonchev–Trinajstić information content (AvgIpc) is 3.86. The maximum atomic E-state index is 11.9. The minimum Gasteiger partial charge on any atom is -0.348 e. The summed E-state index contributed by atoms with van der Waals surface area (Å²) in [6.07, 6.45) is 17.3. The molecule has 9 nitrogen and oxygen atoms in total. The van der Waals surface area contributed by atoms with Gasteiger partial charge >= 0.3 is 0 Å². The number of carbonyl (C=O) groups is 2. The third-order valence-electron chi connectivity index (χ3n) is 14.4. The monoisotopic (exact) mass is 725 g/mol. The molecule has 2 saturated heterocycles. The first kappa shape index (κ1) is 36.8. The van der Waals surface area contributed by atoms with Gasteiger partial charge in [-0.3, -0.25) is 9.59 Å². The van der Waals surface area contributed by atoms with E-state index >= 15 is 0 Å². The zero-order chi connectivity index (χ0) is 37.0. The number of ether oxygens (including phenoxy) is 4. The number of anilines is 1. The molecule has 3 aromatic rings. The van der Waals surface area contributed by atoms with E-state index in [9.17, 15) is 9.59 Å². The average molecular weight is 726 g/mol. The van der Waals surface area contributed by atoms with E-state index in [1.807, 2.05) is 6.20 Å². The molecule has 0 unspecified atom stereocenters. The van der Waals surface area contributed by atoms with Gasteiger partial charge in [-0.05, 0) is 140 Å². The van der Waals surface area contributed by atoms with Crippen molar-refractivity contribution < 1.29 is 28.5 Å². The van der Waals surface area contributed by atoms with Crippen LogP contribution in [0.25, 0.3) is 10.9 Å². The molecule has 1 amide bonds. The van der Waals surface area contributed by atoms with Crippen molar-refractivity contribution in [2.75, 3.05) is 31.7 Å². The number of amides is 1. The Kier molecular flexibility index (Phi) is 9.87. The number of carbonyl (C=O) groups excluding carboxylic acids is 2. The Hall–Kier alpha value is -3.11. The molecule has 9 rings (SSSR count). The normalized spacial score (nSPS) is 29.6. The van der Waals surface area contributed by atoms with Crippen LogP contribution in [0.5, 0.6) is 0 Å². The number of benzene rings is 2. The minimum atomic E-state index is -0.336. The summed E-state index contributed by atoms with van der Waals surface area (Å²) in [6, 6.07) is 9.15. The summed E-state index contributed by atoms with van der Waals surface area (Å²) in [5.74, 6) is 0.496. The fourth-order valence-corrected chi connectivity index (χ4v) is 11.7. The van der Waals surface area contributed by atoms with Crippen molar-refractivity contribution in [1.29, 1.82) is 0 Å². The van der Waals surface area contributed by atoms with Crippen LogP contribution in [-0.4, -0.2) is 59.6 Å². The van der Waals surface area contributed by atoms with Crippen molar-refractivity contribution in [2.24, 2.45) is 11.8 Å². The molecule has 2 aromatic carbocycles. The predicted octanol–water partition coefficient (Wildman–Crippen LogP) is 8.70. The van der Waals surface area contributed by atoms with E-state index in [-0.39, 0.29) is 34.2 Å². The van der Waals surface area contributed by atoms with Gasteiger partial charge in [-0.25, -0.2) is 4.68 Å². The molecular formula is C44H59N3O6. The first-order valence-corrected chi connectivity index (χ1v) is 20.5. The van der Waals surface area contributed by atoms with Crippen molar-refractivity contribution in [1.82, 2.24) is 9.78 Å². The van der Waals surface area contributed by atoms with Gasteiger partial charge in [0.05, 0.1) is 38.1 Å². The van der Waals surface area contributed by atoms with Gasteiger partial charge < -0.3 is 24.3 Å². The number of aryl methyl sites for hydroxylation is 3. The summed E-state index contributed by atoms with van der Waals surface area (Å²) in [6.45, 7) is 12.9. The maximum absolute atomic E-state index is 11.9. The van der Waals surface area contributed by atoms with Crippen LogP contribution >= 0.6 is 0 Å². The SMILES string of the molecule is CC[C@@]12CCC3(C[C@@H]1CCCc1cc(NC(C)=O)c(C)cc12)OCCO3.CC[C@@]12CCC3(C[C@@H]1CCCc1cc4c(cnn4C(C)=O)cc12)OCCO3. The molecular weight excluding hydrogens is 666 g/mol. The van der Waals surface area contributed by atoms with Gasteiger partial charge in [-0.15, -0.1) is 0 Å². The number of aromatic nitrogens is 2. The zero-order valence-electron chi connectivity index (χ0n) is 32.6. The predicted molar refractivity (Wildman–Crippen MR) is 205 cm³/mol. The first-order chi connectivity index (χ1) is 25.5. The van der Waals surface area contributed by atoms with Gasteiger partial charge in [0, 0.05) is 50.6 Å².